The van der Waals surface area contributed by atoms with E-state index in [4.69, 9.17) is 11.6 Å². The smallest absolute Gasteiger partial charge is 0.367 e. The zero-order chi connectivity index (χ0) is 17.0. The van der Waals surface area contributed by atoms with E-state index < -0.39 is 11.7 Å². The first-order valence-corrected chi connectivity index (χ1v) is 7.40. The Balaban J connectivity index is 2.21. The zero-order valence-electron chi connectivity index (χ0n) is 12.6. The van der Waals surface area contributed by atoms with Crippen molar-refractivity contribution in [2.75, 3.05) is 10.6 Å². The molecule has 0 aliphatic heterocycles. The van der Waals surface area contributed by atoms with Crippen LogP contribution in [-0.4, -0.2) is 16.0 Å². The quantitative estimate of drug-likeness (QED) is 0.792. The van der Waals surface area contributed by atoms with Crippen molar-refractivity contribution in [3.05, 3.63) is 41.0 Å². The van der Waals surface area contributed by atoms with Gasteiger partial charge in [-0.1, -0.05) is 18.5 Å². The summed E-state index contributed by atoms with van der Waals surface area (Å²) in [5.41, 5.74) is -0.694. The van der Waals surface area contributed by atoms with E-state index in [-0.39, 0.29) is 22.7 Å². The van der Waals surface area contributed by atoms with Crippen molar-refractivity contribution in [2.45, 2.75) is 32.5 Å². The molecule has 0 fully saturated rings. The third-order valence-electron chi connectivity index (χ3n) is 3.19. The molecule has 1 heterocycles. The topological polar surface area (TPSA) is 49.8 Å². The Morgan fingerprint density at radius 3 is 2.65 bits per heavy atom. The molecule has 0 radical (unpaired) electrons. The number of hydrogen-bond acceptors (Lipinski definition) is 4. The second-order valence-electron chi connectivity index (χ2n) is 5.04. The lowest BCUT2D eigenvalue weighted by Crippen LogP contribution is -2.15. The van der Waals surface area contributed by atoms with E-state index in [1.54, 1.807) is 6.07 Å². The fraction of sp³-hybridized carbons (Fsp3) is 0.333. The third kappa shape index (κ3) is 4.72. The summed E-state index contributed by atoms with van der Waals surface area (Å²) in [6, 6.07) is 5.48. The maximum absolute atomic E-state index is 12.9. The number of nitrogens with one attached hydrogen (secondary N) is 2. The third-order valence-corrected chi connectivity index (χ3v) is 3.52. The minimum atomic E-state index is -4.52. The molecule has 1 aromatic carbocycles. The Morgan fingerprint density at radius 1 is 1.26 bits per heavy atom. The van der Waals surface area contributed by atoms with Crippen LogP contribution in [0.3, 0.4) is 0 Å². The van der Waals surface area contributed by atoms with Gasteiger partial charge in [0.05, 0.1) is 10.6 Å². The summed E-state index contributed by atoms with van der Waals surface area (Å²) in [7, 11) is 0. The molecule has 0 amide bonds. The second kappa shape index (κ2) is 7.04. The molecule has 0 spiro atoms. The number of nitrogens with zero attached hydrogens (tertiary/aromatic N) is 2. The molecular formula is C15H16ClF3N4. The summed E-state index contributed by atoms with van der Waals surface area (Å²) in [6.45, 7) is 4.04. The summed E-state index contributed by atoms with van der Waals surface area (Å²) in [5.74, 6) is 0.801. The SMILES string of the molecule is CCC(C)Nc1ccnc(Nc2ccc(Cl)c(C(F)(F)F)c2)n1. The number of alkyl halides is 3. The Morgan fingerprint density at radius 2 is 2.00 bits per heavy atom. The van der Waals surface area contributed by atoms with Crippen LogP contribution < -0.4 is 10.6 Å². The molecule has 1 unspecified atom stereocenters. The first kappa shape index (κ1) is 17.3. The van der Waals surface area contributed by atoms with Crippen molar-refractivity contribution >= 4 is 29.1 Å². The molecule has 23 heavy (non-hydrogen) atoms. The van der Waals surface area contributed by atoms with E-state index >= 15 is 0 Å². The summed E-state index contributed by atoms with van der Waals surface area (Å²) < 4.78 is 38.6. The fourth-order valence-corrected chi connectivity index (χ4v) is 2.03. The maximum atomic E-state index is 12.9. The molecular weight excluding hydrogens is 329 g/mol. The van der Waals surface area contributed by atoms with Crippen molar-refractivity contribution in [3.8, 4) is 0 Å². The number of anilines is 3. The van der Waals surface area contributed by atoms with Crippen molar-refractivity contribution < 1.29 is 13.2 Å². The minimum Gasteiger partial charge on any atom is -0.367 e. The van der Waals surface area contributed by atoms with Gasteiger partial charge < -0.3 is 10.6 Å². The van der Waals surface area contributed by atoms with Crippen LogP contribution in [0.1, 0.15) is 25.8 Å². The van der Waals surface area contributed by atoms with Gasteiger partial charge in [-0.15, -0.1) is 0 Å². The van der Waals surface area contributed by atoms with Crippen molar-refractivity contribution in [2.24, 2.45) is 0 Å². The van der Waals surface area contributed by atoms with Gasteiger partial charge in [0.25, 0.3) is 0 Å². The lowest BCUT2D eigenvalue weighted by Gasteiger charge is -2.14. The van der Waals surface area contributed by atoms with Crippen molar-refractivity contribution in [1.82, 2.24) is 9.97 Å². The lowest BCUT2D eigenvalue weighted by atomic mass is 10.2. The van der Waals surface area contributed by atoms with Crippen LogP contribution in [-0.2, 0) is 6.18 Å². The van der Waals surface area contributed by atoms with Gasteiger partial charge >= 0.3 is 6.18 Å². The fourth-order valence-electron chi connectivity index (χ4n) is 1.80. The summed E-state index contributed by atoms with van der Waals surface area (Å²) in [4.78, 5) is 8.23. The van der Waals surface area contributed by atoms with Crippen LogP contribution in [0.4, 0.5) is 30.6 Å². The lowest BCUT2D eigenvalue weighted by molar-refractivity contribution is -0.137. The van der Waals surface area contributed by atoms with Gasteiger partial charge in [-0.2, -0.15) is 18.2 Å². The van der Waals surface area contributed by atoms with Crippen LogP contribution >= 0.6 is 11.6 Å². The first-order chi connectivity index (χ1) is 10.8. The van der Waals surface area contributed by atoms with Crippen molar-refractivity contribution in [3.63, 3.8) is 0 Å². The van der Waals surface area contributed by atoms with Gasteiger partial charge in [-0.25, -0.2) is 4.98 Å². The Kier molecular flexibility index (Phi) is 5.30. The first-order valence-electron chi connectivity index (χ1n) is 7.03. The average molecular weight is 345 g/mol. The van der Waals surface area contributed by atoms with Crippen LogP contribution in [0.25, 0.3) is 0 Å². The zero-order valence-corrected chi connectivity index (χ0v) is 13.3. The molecule has 2 aromatic rings. The van der Waals surface area contributed by atoms with Gasteiger partial charge in [0.1, 0.15) is 5.82 Å². The molecule has 0 saturated carbocycles. The highest BCUT2D eigenvalue weighted by Gasteiger charge is 2.33. The number of benzene rings is 1. The van der Waals surface area contributed by atoms with Crippen LogP contribution in [0, 0.1) is 0 Å². The van der Waals surface area contributed by atoms with Gasteiger partial charge in [-0.05, 0) is 37.6 Å². The van der Waals surface area contributed by atoms with Crippen LogP contribution in [0.5, 0.6) is 0 Å². The predicted octanol–water partition coefficient (Wildman–Crippen LogP) is 5.10. The van der Waals surface area contributed by atoms with Gasteiger partial charge in [0.2, 0.25) is 5.95 Å². The highest BCUT2D eigenvalue weighted by Crippen LogP contribution is 2.36. The van der Waals surface area contributed by atoms with Gasteiger partial charge in [-0.3, -0.25) is 0 Å². The molecule has 8 heteroatoms. The number of aromatic nitrogens is 2. The molecule has 0 bridgehead atoms. The molecule has 1 aromatic heterocycles. The van der Waals surface area contributed by atoms with Crippen LogP contribution in [0.2, 0.25) is 5.02 Å². The Bertz CT molecular complexity index is 676. The molecule has 2 rings (SSSR count). The number of halogens is 4. The molecule has 4 nitrogen and oxygen atoms in total. The number of hydrogen-bond donors (Lipinski definition) is 2. The molecule has 0 aliphatic carbocycles. The van der Waals surface area contributed by atoms with E-state index in [1.807, 2.05) is 13.8 Å². The minimum absolute atomic E-state index is 0.203. The second-order valence-corrected chi connectivity index (χ2v) is 5.44. The van der Waals surface area contributed by atoms with E-state index in [0.29, 0.717) is 5.82 Å². The number of rotatable bonds is 5. The molecule has 1 atom stereocenters. The van der Waals surface area contributed by atoms with Gasteiger partial charge in [0, 0.05) is 17.9 Å². The van der Waals surface area contributed by atoms with E-state index in [2.05, 4.69) is 20.6 Å². The van der Waals surface area contributed by atoms with Gasteiger partial charge in [0.15, 0.2) is 0 Å². The van der Waals surface area contributed by atoms with Crippen molar-refractivity contribution in [1.29, 1.82) is 0 Å². The van der Waals surface area contributed by atoms with E-state index in [1.165, 1.54) is 18.3 Å². The molecule has 0 saturated heterocycles. The predicted molar refractivity (Wildman–Crippen MR) is 85.1 cm³/mol. The standard InChI is InChI=1S/C15H16ClF3N4/c1-3-9(2)21-13-6-7-20-14(23-13)22-10-4-5-12(16)11(8-10)15(17,18)19/h4-9H,3H2,1-2H3,(H2,20,21,22,23). The Hall–Kier alpha value is -2.02. The molecule has 2 N–H and O–H groups in total. The summed E-state index contributed by atoms with van der Waals surface area (Å²) in [6.07, 6.45) is -2.07. The maximum Gasteiger partial charge on any atom is 0.417 e. The monoisotopic (exact) mass is 344 g/mol. The summed E-state index contributed by atoms with van der Waals surface area (Å²) >= 11 is 5.59. The highest BCUT2D eigenvalue weighted by atomic mass is 35.5. The summed E-state index contributed by atoms with van der Waals surface area (Å²) in [5, 5.41) is 5.57. The van der Waals surface area contributed by atoms with E-state index in [9.17, 15) is 13.2 Å². The van der Waals surface area contributed by atoms with Crippen LogP contribution in [0.15, 0.2) is 30.5 Å². The largest absolute Gasteiger partial charge is 0.417 e. The highest BCUT2D eigenvalue weighted by molar-refractivity contribution is 6.31. The molecule has 0 aliphatic rings. The normalized spacial score (nSPS) is 12.8. The van der Waals surface area contributed by atoms with E-state index in [0.717, 1.165) is 12.5 Å². The Labute approximate surface area is 137 Å². The average Bonchev–Trinajstić information content (AvgIpc) is 2.48. The molecule has 124 valence electrons.